The van der Waals surface area contributed by atoms with Crippen molar-refractivity contribution in [1.29, 1.82) is 0 Å². The lowest BCUT2D eigenvalue weighted by atomic mass is 9.83. The number of fused-ring (bicyclic) bond motifs is 4. The van der Waals surface area contributed by atoms with Crippen LogP contribution in [0.5, 0.6) is 5.75 Å². The maximum absolute atomic E-state index is 14.7. The molecule has 1 spiro atoms. The zero-order valence-electron chi connectivity index (χ0n) is 23.1. The number of carbonyl (C=O) groups is 1. The van der Waals surface area contributed by atoms with Gasteiger partial charge in [0.1, 0.15) is 5.60 Å². The van der Waals surface area contributed by atoms with Crippen molar-refractivity contribution in [2.45, 2.75) is 44.8 Å². The summed E-state index contributed by atoms with van der Waals surface area (Å²) in [4.78, 5) is 25.8. The Morgan fingerprint density at radius 2 is 1.75 bits per heavy atom. The standard InChI is InChI=1S/C30H34FN5O4/c1-29(2,3)40-28(37)36-15-13-35(14-16-36)21-9-7-20(8-10-21)33-27-32-19-23-22-5-4-6-24(31)25(22)39-30(26(23)34-27)11-17-38-18-12-30/h4-10,19H,11-18H2,1-3H3,(H,32,33,34). The highest BCUT2D eigenvalue weighted by molar-refractivity contribution is 5.76. The highest BCUT2D eigenvalue weighted by Gasteiger charge is 2.45. The summed E-state index contributed by atoms with van der Waals surface area (Å²) >= 11 is 0. The van der Waals surface area contributed by atoms with E-state index in [-0.39, 0.29) is 17.7 Å². The van der Waals surface area contributed by atoms with Crippen LogP contribution in [0.25, 0.3) is 11.1 Å². The molecule has 1 aromatic heterocycles. The number of rotatable bonds is 3. The molecule has 10 heteroatoms. The monoisotopic (exact) mass is 547 g/mol. The summed E-state index contributed by atoms with van der Waals surface area (Å²) in [5.41, 5.74) is 2.87. The number of amides is 1. The Hall–Kier alpha value is -3.92. The van der Waals surface area contributed by atoms with Gasteiger partial charge in [-0.05, 0) is 51.1 Å². The maximum Gasteiger partial charge on any atom is 0.410 e. The van der Waals surface area contributed by atoms with E-state index in [2.05, 4.69) is 15.2 Å². The third-order valence-electron chi connectivity index (χ3n) is 7.50. The summed E-state index contributed by atoms with van der Waals surface area (Å²) in [6, 6.07) is 13.0. The minimum atomic E-state index is -0.756. The predicted molar refractivity (Wildman–Crippen MR) is 150 cm³/mol. The minimum Gasteiger partial charge on any atom is -0.477 e. The number of para-hydroxylation sites is 1. The summed E-state index contributed by atoms with van der Waals surface area (Å²) in [5, 5.41) is 3.31. The van der Waals surface area contributed by atoms with Crippen molar-refractivity contribution in [3.8, 4) is 16.9 Å². The molecule has 0 atom stereocenters. The Morgan fingerprint density at radius 3 is 2.45 bits per heavy atom. The molecule has 6 rings (SSSR count). The van der Waals surface area contributed by atoms with E-state index in [1.54, 1.807) is 17.2 Å². The second-order valence-electron chi connectivity index (χ2n) is 11.4. The Kier molecular flexibility index (Phi) is 6.74. The van der Waals surface area contributed by atoms with Crippen molar-refractivity contribution in [3.63, 3.8) is 0 Å². The molecule has 1 N–H and O–H groups in total. The highest BCUT2D eigenvalue weighted by atomic mass is 19.1. The third kappa shape index (κ3) is 5.15. The summed E-state index contributed by atoms with van der Waals surface area (Å²) in [6.07, 6.45) is 2.65. The average molecular weight is 548 g/mol. The Labute approximate surface area is 233 Å². The molecular weight excluding hydrogens is 513 g/mol. The van der Waals surface area contributed by atoms with Crippen LogP contribution < -0.4 is 15.0 Å². The van der Waals surface area contributed by atoms with Crippen LogP contribution in [0, 0.1) is 5.82 Å². The molecule has 1 amide bonds. The van der Waals surface area contributed by atoms with Gasteiger partial charge in [-0.3, -0.25) is 0 Å². The van der Waals surface area contributed by atoms with Crippen molar-refractivity contribution in [2.24, 2.45) is 0 Å². The number of nitrogens with zero attached hydrogens (tertiary/aromatic N) is 4. The first kappa shape index (κ1) is 26.3. The van der Waals surface area contributed by atoms with Crippen LogP contribution in [-0.4, -0.2) is 66.0 Å². The molecule has 40 heavy (non-hydrogen) atoms. The van der Waals surface area contributed by atoms with Gasteiger partial charge in [0.05, 0.1) is 18.9 Å². The van der Waals surface area contributed by atoms with E-state index < -0.39 is 11.2 Å². The Bertz CT molecular complexity index is 1390. The quantitative estimate of drug-likeness (QED) is 0.461. The zero-order chi connectivity index (χ0) is 27.9. The predicted octanol–water partition coefficient (Wildman–Crippen LogP) is 5.48. The third-order valence-corrected chi connectivity index (χ3v) is 7.50. The second-order valence-corrected chi connectivity index (χ2v) is 11.4. The molecule has 0 saturated carbocycles. The van der Waals surface area contributed by atoms with Gasteiger partial charge in [0.2, 0.25) is 5.95 Å². The molecular formula is C30H34FN5O4. The molecule has 3 aliphatic rings. The first-order valence-electron chi connectivity index (χ1n) is 13.7. The van der Waals surface area contributed by atoms with Gasteiger partial charge in [-0.25, -0.2) is 19.2 Å². The van der Waals surface area contributed by atoms with Crippen molar-refractivity contribution in [3.05, 3.63) is 60.2 Å². The van der Waals surface area contributed by atoms with Crippen LogP contribution in [0.3, 0.4) is 0 Å². The molecule has 0 aliphatic carbocycles. The van der Waals surface area contributed by atoms with E-state index in [9.17, 15) is 9.18 Å². The van der Waals surface area contributed by atoms with Gasteiger partial charge in [0.15, 0.2) is 17.2 Å². The van der Waals surface area contributed by atoms with Gasteiger partial charge >= 0.3 is 6.09 Å². The number of ether oxygens (including phenoxy) is 3. The average Bonchev–Trinajstić information content (AvgIpc) is 2.94. The normalized spacial score (nSPS) is 18.0. The summed E-state index contributed by atoms with van der Waals surface area (Å²) < 4.78 is 32.1. The SMILES string of the molecule is CC(C)(C)OC(=O)N1CCN(c2ccc(Nc3ncc4c(n3)C3(CCOCC3)Oc3c(F)cccc3-4)cc2)CC1. The number of piperazine rings is 1. The number of nitrogens with one attached hydrogen (secondary N) is 1. The lowest BCUT2D eigenvalue weighted by Gasteiger charge is -2.41. The van der Waals surface area contributed by atoms with Crippen molar-refractivity contribution in [2.75, 3.05) is 49.6 Å². The number of hydrogen-bond donors (Lipinski definition) is 1. The molecule has 2 fully saturated rings. The molecule has 9 nitrogen and oxygen atoms in total. The van der Waals surface area contributed by atoms with Gasteiger partial charge in [0.25, 0.3) is 0 Å². The van der Waals surface area contributed by atoms with Gasteiger partial charge < -0.3 is 29.3 Å². The molecule has 2 saturated heterocycles. The van der Waals surface area contributed by atoms with Crippen LogP contribution in [0.4, 0.5) is 26.5 Å². The lowest BCUT2D eigenvalue weighted by molar-refractivity contribution is -0.0558. The van der Waals surface area contributed by atoms with Crippen LogP contribution in [-0.2, 0) is 15.1 Å². The number of aromatic nitrogens is 2. The smallest absolute Gasteiger partial charge is 0.410 e. The first-order valence-corrected chi connectivity index (χ1v) is 13.7. The fourth-order valence-corrected chi connectivity index (χ4v) is 5.45. The van der Waals surface area contributed by atoms with E-state index in [0.29, 0.717) is 50.7 Å². The van der Waals surface area contributed by atoms with Gasteiger partial charge in [-0.15, -0.1) is 0 Å². The van der Waals surface area contributed by atoms with Crippen molar-refractivity contribution >= 4 is 23.4 Å². The second kappa shape index (κ2) is 10.2. The van der Waals surface area contributed by atoms with Gasteiger partial charge in [-0.2, -0.15) is 0 Å². The minimum absolute atomic E-state index is 0.253. The lowest BCUT2D eigenvalue weighted by Crippen LogP contribution is -2.50. The molecule has 0 unspecified atom stereocenters. The van der Waals surface area contributed by atoms with Crippen LogP contribution in [0.1, 0.15) is 39.3 Å². The van der Waals surface area contributed by atoms with Crippen LogP contribution >= 0.6 is 0 Å². The van der Waals surface area contributed by atoms with Crippen molar-refractivity contribution < 1.29 is 23.4 Å². The molecule has 3 aliphatic heterocycles. The zero-order valence-corrected chi connectivity index (χ0v) is 23.1. The van der Waals surface area contributed by atoms with Gasteiger partial charge in [0, 0.05) is 67.7 Å². The Morgan fingerprint density at radius 1 is 1.02 bits per heavy atom. The van der Waals surface area contributed by atoms with Crippen LogP contribution in [0.2, 0.25) is 0 Å². The van der Waals surface area contributed by atoms with E-state index in [1.165, 1.54) is 6.07 Å². The summed E-state index contributed by atoms with van der Waals surface area (Å²) in [6.45, 7) is 9.35. The highest BCUT2D eigenvalue weighted by Crippen LogP contribution is 2.49. The summed E-state index contributed by atoms with van der Waals surface area (Å²) in [7, 11) is 0. The van der Waals surface area contributed by atoms with E-state index >= 15 is 0 Å². The van der Waals surface area contributed by atoms with E-state index in [0.717, 1.165) is 35.7 Å². The largest absolute Gasteiger partial charge is 0.477 e. The van der Waals surface area contributed by atoms with Gasteiger partial charge in [-0.1, -0.05) is 12.1 Å². The summed E-state index contributed by atoms with van der Waals surface area (Å²) in [5.74, 6) is 0.318. The Balaban J connectivity index is 1.17. The fraction of sp³-hybridized carbons (Fsp3) is 0.433. The van der Waals surface area contributed by atoms with E-state index in [4.69, 9.17) is 19.2 Å². The molecule has 4 heterocycles. The maximum atomic E-state index is 14.7. The number of anilines is 3. The number of benzene rings is 2. The molecule has 3 aromatic rings. The molecule has 0 bridgehead atoms. The number of halogens is 1. The van der Waals surface area contributed by atoms with Crippen molar-refractivity contribution in [1.82, 2.24) is 14.9 Å². The van der Waals surface area contributed by atoms with E-state index in [1.807, 2.05) is 51.1 Å². The van der Waals surface area contributed by atoms with Crippen LogP contribution in [0.15, 0.2) is 48.7 Å². The topological polar surface area (TPSA) is 89.1 Å². The molecule has 0 radical (unpaired) electrons. The first-order chi connectivity index (χ1) is 19.2. The molecule has 2 aromatic carbocycles. The number of hydrogen-bond acceptors (Lipinski definition) is 8. The number of carbonyl (C=O) groups excluding carboxylic acids is 1. The molecule has 210 valence electrons. The fourth-order valence-electron chi connectivity index (χ4n) is 5.45.